The highest BCUT2D eigenvalue weighted by Crippen LogP contribution is 2.32. The van der Waals surface area contributed by atoms with Gasteiger partial charge in [0.25, 0.3) is 11.7 Å². The first-order valence-corrected chi connectivity index (χ1v) is 5.57. The Hall–Kier alpha value is -1.68. The Balaban J connectivity index is 2.56. The largest absolute Gasteiger partial charge is 0.392 e. The fourth-order valence-electron chi connectivity index (χ4n) is 2.24. The lowest BCUT2D eigenvalue weighted by atomic mass is 10.0. The molecule has 1 heterocycles. The van der Waals surface area contributed by atoms with Crippen LogP contribution < -0.4 is 4.90 Å². The SMILES string of the molecule is Cc1cc(C)c2c(c1)N(CC(C)O)C(=O)C2=O. The van der Waals surface area contributed by atoms with Crippen LogP contribution in [0.15, 0.2) is 12.1 Å². The van der Waals surface area contributed by atoms with Gasteiger partial charge in [-0.05, 0) is 38.0 Å². The number of amides is 1. The van der Waals surface area contributed by atoms with Crippen molar-refractivity contribution in [2.45, 2.75) is 26.9 Å². The number of ketones is 1. The van der Waals surface area contributed by atoms with Crippen LogP contribution in [-0.2, 0) is 4.79 Å². The summed E-state index contributed by atoms with van der Waals surface area (Å²) in [6.07, 6.45) is -0.654. The average molecular weight is 233 g/mol. The van der Waals surface area contributed by atoms with Crippen molar-refractivity contribution in [2.24, 2.45) is 0 Å². The van der Waals surface area contributed by atoms with Crippen LogP contribution in [0.4, 0.5) is 5.69 Å². The van der Waals surface area contributed by atoms with Crippen molar-refractivity contribution in [2.75, 3.05) is 11.4 Å². The summed E-state index contributed by atoms with van der Waals surface area (Å²) in [5.41, 5.74) is 2.91. The molecular formula is C13H15NO3. The Bertz CT molecular complexity index is 506. The van der Waals surface area contributed by atoms with Crippen molar-refractivity contribution < 1.29 is 14.7 Å². The van der Waals surface area contributed by atoms with Crippen molar-refractivity contribution in [1.29, 1.82) is 0 Å². The van der Waals surface area contributed by atoms with Gasteiger partial charge in [-0.15, -0.1) is 0 Å². The lowest BCUT2D eigenvalue weighted by Crippen LogP contribution is -2.35. The Kier molecular flexibility index (Phi) is 2.75. The smallest absolute Gasteiger partial charge is 0.299 e. The number of nitrogens with zero attached hydrogens (tertiary/aromatic N) is 1. The maximum atomic E-state index is 11.8. The maximum absolute atomic E-state index is 11.8. The number of benzene rings is 1. The van der Waals surface area contributed by atoms with E-state index in [0.29, 0.717) is 11.3 Å². The van der Waals surface area contributed by atoms with Gasteiger partial charge in [0.15, 0.2) is 0 Å². The first-order chi connectivity index (χ1) is 7.91. The summed E-state index contributed by atoms with van der Waals surface area (Å²) < 4.78 is 0. The minimum absolute atomic E-state index is 0.153. The molecule has 0 fully saturated rings. The highest BCUT2D eigenvalue weighted by atomic mass is 16.3. The summed E-state index contributed by atoms with van der Waals surface area (Å²) in [6, 6.07) is 3.70. The predicted octanol–water partition coefficient (Wildman–Crippen LogP) is 1.21. The van der Waals surface area contributed by atoms with Crippen molar-refractivity contribution in [1.82, 2.24) is 0 Å². The Labute approximate surface area is 99.9 Å². The quantitative estimate of drug-likeness (QED) is 0.781. The molecule has 1 aliphatic rings. The van der Waals surface area contributed by atoms with E-state index in [1.54, 1.807) is 6.92 Å². The molecule has 0 aliphatic carbocycles. The summed E-state index contributed by atoms with van der Waals surface area (Å²) >= 11 is 0. The van der Waals surface area contributed by atoms with Gasteiger partial charge in [-0.25, -0.2) is 0 Å². The molecule has 2 rings (SSSR count). The normalized spacial score (nSPS) is 16.4. The molecule has 90 valence electrons. The van der Waals surface area contributed by atoms with Gasteiger partial charge in [0.2, 0.25) is 0 Å². The van der Waals surface area contributed by atoms with E-state index >= 15 is 0 Å². The van der Waals surface area contributed by atoms with Gasteiger partial charge in [-0.3, -0.25) is 9.59 Å². The zero-order valence-corrected chi connectivity index (χ0v) is 10.2. The van der Waals surface area contributed by atoms with Crippen LogP contribution in [0.2, 0.25) is 0 Å². The maximum Gasteiger partial charge on any atom is 0.299 e. The van der Waals surface area contributed by atoms with Gasteiger partial charge in [0, 0.05) is 0 Å². The first-order valence-electron chi connectivity index (χ1n) is 5.57. The zero-order valence-electron chi connectivity index (χ0n) is 10.2. The fraction of sp³-hybridized carbons (Fsp3) is 0.385. The van der Waals surface area contributed by atoms with E-state index < -0.39 is 17.8 Å². The molecule has 1 aliphatic heterocycles. The van der Waals surface area contributed by atoms with Gasteiger partial charge in [-0.2, -0.15) is 0 Å². The lowest BCUT2D eigenvalue weighted by molar-refractivity contribution is -0.114. The minimum atomic E-state index is -0.654. The summed E-state index contributed by atoms with van der Waals surface area (Å²) in [7, 11) is 0. The third-order valence-corrected chi connectivity index (χ3v) is 2.86. The second-order valence-electron chi connectivity index (χ2n) is 4.57. The van der Waals surface area contributed by atoms with Gasteiger partial charge >= 0.3 is 0 Å². The first kappa shape index (κ1) is 11.8. The standard InChI is InChI=1S/C13H15NO3/c1-7-4-8(2)11-10(5-7)14(6-9(3)15)13(17)12(11)16/h4-5,9,15H,6H2,1-3H3. The van der Waals surface area contributed by atoms with Crippen LogP contribution in [0.3, 0.4) is 0 Å². The van der Waals surface area contributed by atoms with E-state index in [1.807, 2.05) is 26.0 Å². The molecule has 0 bridgehead atoms. The lowest BCUT2D eigenvalue weighted by Gasteiger charge is -2.18. The zero-order chi connectivity index (χ0) is 12.7. The van der Waals surface area contributed by atoms with Crippen LogP contribution in [0.5, 0.6) is 0 Å². The second-order valence-corrected chi connectivity index (χ2v) is 4.57. The number of aliphatic hydroxyl groups excluding tert-OH is 1. The molecular weight excluding hydrogens is 218 g/mol. The molecule has 0 radical (unpaired) electrons. The van der Waals surface area contributed by atoms with Crippen LogP contribution in [0, 0.1) is 13.8 Å². The summed E-state index contributed by atoms with van der Waals surface area (Å²) in [4.78, 5) is 25.0. The highest BCUT2D eigenvalue weighted by Gasteiger charge is 2.37. The van der Waals surface area contributed by atoms with Gasteiger partial charge < -0.3 is 10.0 Å². The number of carbonyl (C=O) groups excluding carboxylic acids is 2. The third kappa shape index (κ3) is 1.85. The van der Waals surface area contributed by atoms with Gasteiger partial charge in [0.1, 0.15) is 0 Å². The van der Waals surface area contributed by atoms with Crippen LogP contribution >= 0.6 is 0 Å². The van der Waals surface area contributed by atoms with E-state index in [9.17, 15) is 14.7 Å². The molecule has 0 saturated carbocycles. The fourth-order valence-corrected chi connectivity index (χ4v) is 2.24. The molecule has 0 saturated heterocycles. The number of carbonyl (C=O) groups is 2. The molecule has 0 aromatic heterocycles. The number of Topliss-reactive ketones (excluding diaryl/α,β-unsaturated/α-hetero) is 1. The molecule has 1 aromatic carbocycles. The van der Waals surface area contributed by atoms with Crippen LogP contribution in [0.25, 0.3) is 0 Å². The number of rotatable bonds is 2. The monoisotopic (exact) mass is 233 g/mol. The predicted molar refractivity (Wildman–Crippen MR) is 64.3 cm³/mol. The number of hydrogen-bond donors (Lipinski definition) is 1. The summed E-state index contributed by atoms with van der Waals surface area (Å²) in [6.45, 7) is 5.49. The molecule has 1 amide bonds. The van der Waals surface area contributed by atoms with Gasteiger partial charge in [-0.1, -0.05) is 6.07 Å². The molecule has 4 nitrogen and oxygen atoms in total. The third-order valence-electron chi connectivity index (χ3n) is 2.86. The average Bonchev–Trinajstić information content (AvgIpc) is 2.42. The molecule has 4 heteroatoms. The van der Waals surface area contributed by atoms with E-state index in [0.717, 1.165) is 11.1 Å². The molecule has 1 aromatic rings. The number of β-amino-alcohol motifs (C(OH)–C–C–N with tert-alkyl or cyclic N) is 1. The van der Waals surface area contributed by atoms with Crippen LogP contribution in [0.1, 0.15) is 28.4 Å². The Morgan fingerprint density at radius 3 is 2.53 bits per heavy atom. The van der Waals surface area contributed by atoms with Crippen molar-refractivity contribution in [3.05, 3.63) is 28.8 Å². The van der Waals surface area contributed by atoms with Crippen molar-refractivity contribution in [3.8, 4) is 0 Å². The van der Waals surface area contributed by atoms with E-state index in [4.69, 9.17) is 0 Å². The molecule has 0 spiro atoms. The second kappa shape index (κ2) is 3.96. The van der Waals surface area contributed by atoms with Crippen molar-refractivity contribution in [3.63, 3.8) is 0 Å². The molecule has 17 heavy (non-hydrogen) atoms. The minimum Gasteiger partial charge on any atom is -0.392 e. The number of aliphatic hydroxyl groups is 1. The summed E-state index contributed by atoms with van der Waals surface area (Å²) in [5, 5.41) is 9.38. The van der Waals surface area contributed by atoms with Crippen LogP contribution in [-0.4, -0.2) is 29.4 Å². The molecule has 1 atom stereocenters. The summed E-state index contributed by atoms with van der Waals surface area (Å²) in [5.74, 6) is -1.02. The van der Waals surface area contributed by atoms with Crippen molar-refractivity contribution >= 4 is 17.4 Å². The molecule has 1 unspecified atom stereocenters. The number of anilines is 1. The molecule has 1 N–H and O–H groups in total. The van der Waals surface area contributed by atoms with Gasteiger partial charge in [0.05, 0.1) is 23.9 Å². The highest BCUT2D eigenvalue weighted by molar-refractivity contribution is 6.52. The van der Waals surface area contributed by atoms with E-state index in [1.165, 1.54) is 4.90 Å². The number of aryl methyl sites for hydroxylation is 2. The Morgan fingerprint density at radius 2 is 1.94 bits per heavy atom. The topological polar surface area (TPSA) is 57.6 Å². The number of fused-ring (bicyclic) bond motifs is 1. The Morgan fingerprint density at radius 1 is 1.29 bits per heavy atom. The van der Waals surface area contributed by atoms with E-state index in [-0.39, 0.29) is 6.54 Å². The van der Waals surface area contributed by atoms with E-state index in [2.05, 4.69) is 0 Å². The number of hydrogen-bond acceptors (Lipinski definition) is 3.